The number of carboxylic acid groups (broad SMARTS) is 1. The van der Waals surface area contributed by atoms with Crippen molar-refractivity contribution < 1.29 is 48.5 Å². The summed E-state index contributed by atoms with van der Waals surface area (Å²) in [6, 6.07) is 13.6. The molecule has 4 radical (unpaired) electrons. The van der Waals surface area contributed by atoms with Crippen molar-refractivity contribution in [3.63, 3.8) is 0 Å². The zero-order chi connectivity index (χ0) is 42.5. The average molecular weight is 800 g/mol. The number of hydrogen-bond acceptors (Lipinski definition) is 9. The van der Waals surface area contributed by atoms with E-state index in [0.717, 1.165) is 69.8 Å². The molecule has 4 rings (SSSR count). The van der Waals surface area contributed by atoms with E-state index in [-0.39, 0.29) is 24.9 Å². The average Bonchev–Trinajstić information content (AvgIpc) is 3.23. The summed E-state index contributed by atoms with van der Waals surface area (Å²) >= 11 is 0. The maximum absolute atomic E-state index is 13.6. The van der Waals surface area contributed by atoms with Gasteiger partial charge in [-0.25, -0.2) is 4.79 Å². The van der Waals surface area contributed by atoms with Gasteiger partial charge in [0, 0.05) is 0 Å². The molecule has 2 aliphatic carbocycles. The van der Waals surface area contributed by atoms with Gasteiger partial charge in [-0.2, -0.15) is 0 Å². The minimum absolute atomic E-state index is 0.0359. The first kappa shape index (κ1) is 47.2. The topological polar surface area (TPSA) is 229 Å². The summed E-state index contributed by atoms with van der Waals surface area (Å²) in [5.41, 5.74) is 1.25. The third-order valence-corrected chi connectivity index (χ3v) is 10.3. The summed E-state index contributed by atoms with van der Waals surface area (Å²) in [5.74, 6) is -5.44. The first-order chi connectivity index (χ1) is 27.8. The highest BCUT2D eigenvalue weighted by Crippen LogP contribution is 2.28. The number of amides is 5. The van der Waals surface area contributed by atoms with Crippen LogP contribution in [0.5, 0.6) is 0 Å². The van der Waals surface area contributed by atoms with E-state index in [1.807, 2.05) is 25.1 Å². The molecule has 15 nitrogen and oxygen atoms in total. The molecule has 0 saturated heterocycles. The second-order valence-corrected chi connectivity index (χ2v) is 14.7. The lowest BCUT2D eigenvalue weighted by atomic mass is 9.83. The molecule has 0 spiro atoms. The number of aliphatic carboxylic acids is 1. The lowest BCUT2D eigenvalue weighted by Gasteiger charge is -2.32. The van der Waals surface area contributed by atoms with Crippen molar-refractivity contribution in [2.75, 3.05) is 6.54 Å². The minimum Gasteiger partial charge on any atom is -0.480 e. The molecule has 5 amide bonds. The van der Waals surface area contributed by atoms with E-state index in [1.165, 1.54) is 0 Å². The smallest absolute Gasteiger partial charge is 0.326 e. The first-order valence-electron chi connectivity index (χ1n) is 20.0. The van der Waals surface area contributed by atoms with E-state index in [2.05, 4.69) is 26.6 Å². The normalized spacial score (nSPS) is 16.9. The Morgan fingerprint density at radius 3 is 1.72 bits per heavy atom. The van der Waals surface area contributed by atoms with Crippen LogP contribution in [0, 0.1) is 11.8 Å². The molecule has 7 N–H and O–H groups in total. The Balaban J connectivity index is 0.000000541. The molecule has 58 heavy (non-hydrogen) atoms. The molecule has 0 bridgehead atoms. The third-order valence-electron chi connectivity index (χ3n) is 10.3. The molecule has 310 valence electrons. The highest BCUT2D eigenvalue weighted by Gasteiger charge is 2.35. The number of carbonyl (C=O) groups is 7. The molecule has 2 aliphatic rings. The number of benzene rings is 2. The van der Waals surface area contributed by atoms with Gasteiger partial charge in [-0.05, 0) is 55.1 Å². The molecule has 5 atom stereocenters. The number of nitrogens with one attached hydrogen (secondary N) is 5. The van der Waals surface area contributed by atoms with Crippen molar-refractivity contribution in [2.45, 2.75) is 121 Å². The molecule has 3 unspecified atom stereocenters. The summed E-state index contributed by atoms with van der Waals surface area (Å²) in [6.07, 6.45) is 8.37. The fourth-order valence-corrected chi connectivity index (χ4v) is 7.32. The molecule has 2 fully saturated rings. The van der Waals surface area contributed by atoms with E-state index in [9.17, 15) is 38.7 Å². The quantitative estimate of drug-likeness (QED) is 0.0861. The largest absolute Gasteiger partial charge is 0.480 e. The van der Waals surface area contributed by atoms with Gasteiger partial charge in [-0.1, -0.05) is 113 Å². The number of hydrogen-bond donors (Lipinski definition) is 7. The van der Waals surface area contributed by atoms with Gasteiger partial charge in [-0.15, -0.1) is 0 Å². The molecule has 17 heteroatoms. The van der Waals surface area contributed by atoms with Crippen molar-refractivity contribution in [1.29, 1.82) is 0 Å². The van der Waals surface area contributed by atoms with Crippen LogP contribution < -0.4 is 26.6 Å². The molecule has 0 aliphatic heterocycles. The van der Waals surface area contributed by atoms with Crippen molar-refractivity contribution in [3.8, 4) is 0 Å². The molecule has 0 aromatic heterocycles. The second kappa shape index (κ2) is 25.2. The predicted octanol–water partition coefficient (Wildman–Crippen LogP) is 3.07. The first-order valence-corrected chi connectivity index (χ1v) is 20.0. The Labute approximate surface area is 342 Å². The van der Waals surface area contributed by atoms with Crippen LogP contribution in [0.1, 0.15) is 101 Å². The van der Waals surface area contributed by atoms with Gasteiger partial charge >= 0.3 is 11.9 Å². The van der Waals surface area contributed by atoms with E-state index < -0.39 is 78.1 Å². The van der Waals surface area contributed by atoms with E-state index >= 15 is 0 Å². The minimum atomic E-state index is -1.68. The van der Waals surface area contributed by atoms with Crippen molar-refractivity contribution in [2.24, 2.45) is 11.8 Å². The van der Waals surface area contributed by atoms with Gasteiger partial charge in [0.25, 0.3) is 5.91 Å². The van der Waals surface area contributed by atoms with E-state index in [1.54, 1.807) is 42.5 Å². The monoisotopic (exact) mass is 799 g/mol. The van der Waals surface area contributed by atoms with Crippen LogP contribution in [-0.4, -0.2) is 98.0 Å². The number of carbonyl (C=O) groups excluding carboxylic acids is 6. The number of aliphatic hydroxyl groups is 1. The fraction of sp³-hybridized carbons (Fsp3) is 0.537. The van der Waals surface area contributed by atoms with E-state index in [0.29, 0.717) is 12.0 Å². The Morgan fingerprint density at radius 2 is 1.21 bits per heavy atom. The molecular weight excluding hydrogens is 744 g/mol. The van der Waals surface area contributed by atoms with Gasteiger partial charge in [0.05, 0.1) is 6.04 Å². The van der Waals surface area contributed by atoms with Crippen molar-refractivity contribution in [1.82, 2.24) is 26.6 Å². The Morgan fingerprint density at radius 1 is 0.690 bits per heavy atom. The Kier molecular flexibility index (Phi) is 20.5. The Hall–Kier alpha value is -5.18. The van der Waals surface area contributed by atoms with Gasteiger partial charge in [0.1, 0.15) is 31.3 Å². The van der Waals surface area contributed by atoms with Crippen molar-refractivity contribution in [3.05, 3.63) is 71.8 Å². The number of ether oxygens (including phenoxy) is 1. The Bertz CT molecular complexity index is 1640. The summed E-state index contributed by atoms with van der Waals surface area (Å²) < 4.78 is 5.16. The van der Waals surface area contributed by atoms with Crippen LogP contribution in [0.15, 0.2) is 60.7 Å². The number of carboxylic acids is 1. The lowest BCUT2D eigenvalue weighted by Crippen LogP contribution is -2.56. The van der Waals surface area contributed by atoms with Crippen LogP contribution >= 0.6 is 0 Å². The summed E-state index contributed by atoms with van der Waals surface area (Å²) in [4.78, 5) is 85.3. The lowest BCUT2D eigenvalue weighted by molar-refractivity contribution is -0.146. The highest BCUT2D eigenvalue weighted by molar-refractivity contribution is 6.57. The summed E-state index contributed by atoms with van der Waals surface area (Å²) in [7, 11) is 10.3. The SMILES string of the molecule is [B]C(=O)NC(C(=O)O)C1CCCCC1.[B]C(=O)N[C@H](C(=O)N[C@H](C(=O)NC(CCC)C(O)C(=O)NCC(=O)OCc1ccccc1)c1ccccc1)C1CCCCC1. The molecular formula is C41H55B2N5O10. The highest BCUT2D eigenvalue weighted by atomic mass is 16.5. The van der Waals surface area contributed by atoms with E-state index in [4.69, 9.17) is 25.5 Å². The molecule has 2 aromatic carbocycles. The zero-order valence-corrected chi connectivity index (χ0v) is 33.0. The predicted molar refractivity (Wildman–Crippen MR) is 216 cm³/mol. The number of aliphatic hydroxyl groups excluding tert-OH is 1. The van der Waals surface area contributed by atoms with Crippen LogP contribution in [-0.2, 0) is 35.3 Å². The van der Waals surface area contributed by atoms with Crippen LogP contribution in [0.25, 0.3) is 0 Å². The van der Waals surface area contributed by atoms with Crippen molar-refractivity contribution >= 4 is 57.0 Å². The van der Waals surface area contributed by atoms with Gasteiger partial charge in [-0.3, -0.25) is 28.8 Å². The van der Waals surface area contributed by atoms with Gasteiger partial charge < -0.3 is 41.5 Å². The molecule has 0 heterocycles. The molecule has 2 aromatic rings. The standard InChI is InChI=1S/C32H41BN4O7.C9H14BNO3/c1-2-12-24(28(39)31(42)34-19-25(38)44-20-21-13-6-3-7-14-21)35-29(40)26(22-15-8-4-9-16-22)36-30(41)27(37-32(33)43)23-17-10-5-11-18-23;10-9(14)11-7(8(12)13)6-4-2-1-3-5-6/h3-4,6-9,13-16,23-24,26-28,39H,2,5,10-12,17-20H2,1H3,(H,34,42)(H,35,40)(H,36,41)(H,37,43);6-7H,1-5H2,(H,11,14)(H,12,13)/t24?,26-,27-,28?;/m0./s1. The van der Waals surface area contributed by atoms with Gasteiger partial charge in [0.15, 0.2) is 17.7 Å². The maximum atomic E-state index is 13.6. The fourth-order valence-electron chi connectivity index (χ4n) is 7.32. The maximum Gasteiger partial charge on any atom is 0.326 e. The van der Waals surface area contributed by atoms with Crippen LogP contribution in [0.4, 0.5) is 9.59 Å². The summed E-state index contributed by atoms with van der Waals surface area (Å²) in [6.45, 7) is 1.40. The zero-order valence-electron chi connectivity index (χ0n) is 33.0. The third kappa shape index (κ3) is 16.4. The number of rotatable bonds is 18. The number of esters is 1. The molecule has 2 saturated carbocycles. The summed E-state index contributed by atoms with van der Waals surface area (Å²) in [5, 5.41) is 32.4. The van der Waals surface area contributed by atoms with Crippen LogP contribution in [0.2, 0.25) is 0 Å². The van der Waals surface area contributed by atoms with Crippen LogP contribution in [0.3, 0.4) is 0 Å². The second-order valence-electron chi connectivity index (χ2n) is 14.7. The van der Waals surface area contributed by atoms with Gasteiger partial charge in [0.2, 0.25) is 27.5 Å².